The van der Waals surface area contributed by atoms with Gasteiger partial charge in [-0.05, 0) is 37.8 Å². The first-order valence-corrected chi connectivity index (χ1v) is 9.55. The molecule has 0 bridgehead atoms. The monoisotopic (exact) mass is 370 g/mol. The molecule has 1 aliphatic rings. The van der Waals surface area contributed by atoms with E-state index in [-0.39, 0.29) is 41.5 Å². The predicted octanol–water partition coefficient (Wildman–Crippen LogP) is 0.649. The number of carbonyl (C=O) groups is 1. The molecule has 0 spiro atoms. The number of nitrogens with two attached hydrogens (primary N) is 1. The first-order valence-electron chi connectivity index (χ1n) is 8.07. The van der Waals surface area contributed by atoms with E-state index >= 15 is 0 Å². The summed E-state index contributed by atoms with van der Waals surface area (Å²) in [6, 6.07) is 4.85. The normalized spacial score (nSPS) is 20.8. The third-order valence-corrected chi connectivity index (χ3v) is 5.62. The van der Waals surface area contributed by atoms with Gasteiger partial charge in [-0.25, -0.2) is 13.1 Å². The van der Waals surface area contributed by atoms with E-state index in [1.54, 1.807) is 0 Å². The third-order valence-electron chi connectivity index (χ3n) is 4.14. The van der Waals surface area contributed by atoms with Gasteiger partial charge in [-0.2, -0.15) is 0 Å². The van der Waals surface area contributed by atoms with Crippen molar-refractivity contribution in [1.29, 1.82) is 0 Å². The number of rotatable bonds is 7. The number of nitrogens with zero attached hydrogens (tertiary/aromatic N) is 1. The Morgan fingerprint density at radius 3 is 2.36 bits per heavy atom. The number of nitrogens with one attached hydrogen (secondary N) is 2. The van der Waals surface area contributed by atoms with Crippen molar-refractivity contribution in [2.45, 2.75) is 49.1 Å². The van der Waals surface area contributed by atoms with E-state index in [2.05, 4.69) is 10.0 Å². The maximum atomic E-state index is 12.1. The van der Waals surface area contributed by atoms with Crippen molar-refractivity contribution in [2.75, 3.05) is 6.54 Å². The van der Waals surface area contributed by atoms with Gasteiger partial charge in [-0.3, -0.25) is 14.9 Å². The first kappa shape index (κ1) is 19.3. The third kappa shape index (κ3) is 5.76. The quantitative estimate of drug-likeness (QED) is 0.475. The second kappa shape index (κ2) is 8.37. The lowest BCUT2D eigenvalue weighted by molar-refractivity contribution is -0.384. The van der Waals surface area contributed by atoms with Gasteiger partial charge in [0.15, 0.2) is 0 Å². The van der Waals surface area contributed by atoms with Crippen molar-refractivity contribution in [3.8, 4) is 0 Å². The molecule has 138 valence electrons. The molecule has 1 aromatic rings. The van der Waals surface area contributed by atoms with E-state index in [1.807, 2.05) is 0 Å². The number of hydrogen-bond acceptors (Lipinski definition) is 6. The Hall–Kier alpha value is -2.04. The summed E-state index contributed by atoms with van der Waals surface area (Å²) in [4.78, 5) is 21.8. The summed E-state index contributed by atoms with van der Waals surface area (Å²) in [5.41, 5.74) is 5.62. The molecule has 0 saturated heterocycles. The highest BCUT2D eigenvalue weighted by Gasteiger charge is 2.20. The average molecular weight is 370 g/mol. The van der Waals surface area contributed by atoms with Gasteiger partial charge in [0, 0.05) is 37.2 Å². The van der Waals surface area contributed by atoms with Crippen LogP contribution in [0.25, 0.3) is 0 Å². The zero-order chi connectivity index (χ0) is 18.4. The van der Waals surface area contributed by atoms with Crippen molar-refractivity contribution < 1.29 is 18.1 Å². The fraction of sp³-hybridized carbons (Fsp3) is 0.533. The minimum Gasteiger partial charge on any atom is -0.353 e. The van der Waals surface area contributed by atoms with Crippen LogP contribution in [-0.4, -0.2) is 37.9 Å². The number of amides is 1. The van der Waals surface area contributed by atoms with Crippen LogP contribution in [0.5, 0.6) is 0 Å². The molecule has 1 amide bonds. The highest BCUT2D eigenvalue weighted by molar-refractivity contribution is 7.89. The molecule has 4 N–H and O–H groups in total. The summed E-state index contributed by atoms with van der Waals surface area (Å²) in [7, 11) is -3.81. The summed E-state index contributed by atoms with van der Waals surface area (Å²) in [5, 5.41) is 13.5. The zero-order valence-electron chi connectivity index (χ0n) is 13.7. The molecular formula is C15H22N4O5S. The van der Waals surface area contributed by atoms with E-state index in [9.17, 15) is 23.3 Å². The van der Waals surface area contributed by atoms with Gasteiger partial charge in [-0.1, -0.05) is 0 Å². The van der Waals surface area contributed by atoms with Crippen molar-refractivity contribution in [1.82, 2.24) is 10.0 Å². The number of non-ortho nitro benzene ring substituents is 1. The molecule has 9 nitrogen and oxygen atoms in total. The Morgan fingerprint density at radius 1 is 1.20 bits per heavy atom. The number of carbonyl (C=O) groups excluding carboxylic acids is 1. The summed E-state index contributed by atoms with van der Waals surface area (Å²) in [6.07, 6.45) is 3.44. The van der Waals surface area contributed by atoms with E-state index in [4.69, 9.17) is 5.73 Å². The first-order chi connectivity index (χ1) is 11.8. The fourth-order valence-corrected chi connectivity index (χ4v) is 3.72. The summed E-state index contributed by atoms with van der Waals surface area (Å²) in [5.74, 6) is -0.216. The van der Waals surface area contributed by atoms with Crippen molar-refractivity contribution in [2.24, 2.45) is 5.73 Å². The van der Waals surface area contributed by atoms with Crippen LogP contribution < -0.4 is 15.8 Å². The standard InChI is InChI=1S/C15H22N4O5S/c16-11-1-3-12(4-2-11)18-15(20)9-10-17-25(23,24)14-7-5-13(6-8-14)19(21)22/h5-8,11-12,17H,1-4,9-10,16H2,(H,18,20). The van der Waals surface area contributed by atoms with Crippen LogP contribution in [0.4, 0.5) is 5.69 Å². The molecule has 25 heavy (non-hydrogen) atoms. The van der Waals surface area contributed by atoms with E-state index in [0.717, 1.165) is 49.9 Å². The molecular weight excluding hydrogens is 348 g/mol. The van der Waals surface area contributed by atoms with Crippen LogP contribution in [0.3, 0.4) is 0 Å². The molecule has 10 heteroatoms. The SMILES string of the molecule is NC1CCC(NC(=O)CCNS(=O)(=O)c2ccc([N+](=O)[O-])cc2)CC1. The molecule has 1 aromatic carbocycles. The second-order valence-corrected chi connectivity index (χ2v) is 7.84. The van der Waals surface area contributed by atoms with Crippen LogP contribution >= 0.6 is 0 Å². The van der Waals surface area contributed by atoms with Crippen LogP contribution in [-0.2, 0) is 14.8 Å². The largest absolute Gasteiger partial charge is 0.353 e. The predicted molar refractivity (Wildman–Crippen MR) is 91.3 cm³/mol. The summed E-state index contributed by atoms with van der Waals surface area (Å²) in [6.45, 7) is -0.0443. The van der Waals surface area contributed by atoms with Gasteiger partial charge in [-0.15, -0.1) is 0 Å². The molecule has 0 atom stereocenters. The van der Waals surface area contributed by atoms with Gasteiger partial charge >= 0.3 is 0 Å². The minimum atomic E-state index is -3.81. The van der Waals surface area contributed by atoms with Crippen LogP contribution in [0.2, 0.25) is 0 Å². The molecule has 1 saturated carbocycles. The fourth-order valence-electron chi connectivity index (χ4n) is 2.69. The van der Waals surface area contributed by atoms with Gasteiger partial charge in [0.1, 0.15) is 0 Å². The Bertz CT molecular complexity index is 712. The van der Waals surface area contributed by atoms with E-state index in [0.29, 0.717) is 0 Å². The summed E-state index contributed by atoms with van der Waals surface area (Å²) >= 11 is 0. The van der Waals surface area contributed by atoms with E-state index in [1.165, 1.54) is 0 Å². The van der Waals surface area contributed by atoms with Gasteiger partial charge in [0.2, 0.25) is 15.9 Å². The Kier molecular flexibility index (Phi) is 6.45. The highest BCUT2D eigenvalue weighted by atomic mass is 32.2. The molecule has 0 heterocycles. The van der Waals surface area contributed by atoms with E-state index < -0.39 is 14.9 Å². The highest BCUT2D eigenvalue weighted by Crippen LogP contribution is 2.17. The van der Waals surface area contributed by atoms with Gasteiger partial charge in [0.25, 0.3) is 5.69 Å². The van der Waals surface area contributed by atoms with Crippen LogP contribution in [0.1, 0.15) is 32.1 Å². The maximum absolute atomic E-state index is 12.1. The maximum Gasteiger partial charge on any atom is 0.269 e. The number of benzene rings is 1. The lowest BCUT2D eigenvalue weighted by Crippen LogP contribution is -2.41. The number of nitro groups is 1. The topological polar surface area (TPSA) is 144 Å². The molecule has 0 unspecified atom stereocenters. The molecule has 2 rings (SSSR count). The molecule has 0 aliphatic heterocycles. The lowest BCUT2D eigenvalue weighted by Gasteiger charge is -2.26. The van der Waals surface area contributed by atoms with Crippen LogP contribution in [0.15, 0.2) is 29.2 Å². The molecule has 0 aromatic heterocycles. The lowest BCUT2D eigenvalue weighted by atomic mass is 9.92. The van der Waals surface area contributed by atoms with Gasteiger partial charge in [0.05, 0.1) is 9.82 Å². The average Bonchev–Trinajstić information content (AvgIpc) is 2.57. The van der Waals surface area contributed by atoms with Crippen LogP contribution in [0, 0.1) is 10.1 Å². The van der Waals surface area contributed by atoms with Crippen molar-refractivity contribution in [3.63, 3.8) is 0 Å². The zero-order valence-corrected chi connectivity index (χ0v) is 14.5. The smallest absolute Gasteiger partial charge is 0.269 e. The number of hydrogen-bond donors (Lipinski definition) is 3. The molecule has 1 aliphatic carbocycles. The molecule has 0 radical (unpaired) electrons. The summed E-state index contributed by atoms with van der Waals surface area (Å²) < 4.78 is 26.5. The van der Waals surface area contributed by atoms with Crippen molar-refractivity contribution in [3.05, 3.63) is 34.4 Å². The number of sulfonamides is 1. The Labute approximate surface area is 146 Å². The Morgan fingerprint density at radius 2 is 1.80 bits per heavy atom. The molecule has 1 fully saturated rings. The second-order valence-electron chi connectivity index (χ2n) is 6.08. The Balaban J connectivity index is 1.79. The van der Waals surface area contributed by atoms with Gasteiger partial charge < -0.3 is 11.1 Å². The van der Waals surface area contributed by atoms with Crippen molar-refractivity contribution >= 4 is 21.6 Å². The minimum absolute atomic E-state index is 0.0226. The number of nitro benzene ring substituents is 1.